The molecule has 0 radical (unpaired) electrons. The summed E-state index contributed by atoms with van der Waals surface area (Å²) in [6.45, 7) is 3.90. The lowest BCUT2D eigenvalue weighted by atomic mass is 10.3. The second kappa shape index (κ2) is 9.30. The number of sulfone groups is 1. The maximum Gasteiger partial charge on any atom is 0.206 e. The van der Waals surface area contributed by atoms with Gasteiger partial charge in [0.25, 0.3) is 0 Å². The van der Waals surface area contributed by atoms with Gasteiger partial charge in [0.1, 0.15) is 22.9 Å². The molecule has 33 heavy (non-hydrogen) atoms. The highest BCUT2D eigenvalue weighted by molar-refractivity contribution is 7.91. The SMILES string of the molecule is Cc1ccsc1C=Nc1cc(S(=O)(=O)c2ccc(O)c(N=Cc3sccc3C)c2)ccc1O. The number of aryl methyl sites for hydroxylation is 2. The number of nitrogens with zero attached hydrogens (tertiary/aromatic N) is 2. The molecule has 0 aliphatic heterocycles. The summed E-state index contributed by atoms with van der Waals surface area (Å²) < 4.78 is 26.5. The molecule has 168 valence electrons. The number of hydrogen-bond acceptors (Lipinski definition) is 8. The maximum absolute atomic E-state index is 13.3. The van der Waals surface area contributed by atoms with Crippen LogP contribution in [0.1, 0.15) is 20.9 Å². The Labute approximate surface area is 199 Å². The molecule has 0 saturated heterocycles. The standard InChI is InChI=1S/C24H20N2O4S3/c1-15-7-9-31-23(15)13-25-19-11-17(3-5-21(19)27)33(29,30)18-4-6-22(28)20(12-18)26-14-24-16(2)8-10-32-24/h3-14,27-28H,1-2H3. The zero-order valence-electron chi connectivity index (χ0n) is 17.8. The number of thiophene rings is 2. The number of hydrogen-bond donors (Lipinski definition) is 2. The Balaban J connectivity index is 1.68. The number of aliphatic imine (C=N–C) groups is 2. The molecule has 2 aromatic heterocycles. The molecule has 2 N–H and O–H groups in total. The van der Waals surface area contributed by atoms with E-state index in [9.17, 15) is 18.6 Å². The minimum atomic E-state index is -3.94. The molecule has 0 saturated carbocycles. The van der Waals surface area contributed by atoms with E-state index in [4.69, 9.17) is 0 Å². The Morgan fingerprint density at radius 3 is 1.52 bits per heavy atom. The molecular formula is C24H20N2O4S3. The average Bonchev–Trinajstić information content (AvgIpc) is 3.39. The van der Waals surface area contributed by atoms with E-state index >= 15 is 0 Å². The van der Waals surface area contributed by atoms with Crippen molar-refractivity contribution in [2.75, 3.05) is 0 Å². The van der Waals surface area contributed by atoms with Crippen LogP contribution >= 0.6 is 22.7 Å². The molecule has 0 spiro atoms. The third-order valence-corrected chi connectivity index (χ3v) is 8.62. The third-order valence-electron chi connectivity index (χ3n) is 4.96. The van der Waals surface area contributed by atoms with Crippen LogP contribution in [0.4, 0.5) is 11.4 Å². The first kappa shape index (κ1) is 22.9. The van der Waals surface area contributed by atoms with Crippen LogP contribution in [0.15, 0.2) is 79.1 Å². The Morgan fingerprint density at radius 2 is 1.15 bits per heavy atom. The van der Waals surface area contributed by atoms with Crippen LogP contribution in [-0.4, -0.2) is 31.1 Å². The minimum absolute atomic E-state index is 0.0231. The molecular weight excluding hydrogens is 476 g/mol. The van der Waals surface area contributed by atoms with Gasteiger partial charge in [-0.15, -0.1) is 22.7 Å². The first-order chi connectivity index (χ1) is 15.8. The van der Waals surface area contributed by atoms with Crippen molar-refractivity contribution in [1.29, 1.82) is 0 Å². The quantitative estimate of drug-likeness (QED) is 0.312. The van der Waals surface area contributed by atoms with Crippen LogP contribution in [0, 0.1) is 13.8 Å². The fourth-order valence-corrected chi connectivity index (χ4v) is 5.85. The van der Waals surface area contributed by atoms with E-state index in [0.717, 1.165) is 20.9 Å². The number of rotatable bonds is 6. The van der Waals surface area contributed by atoms with Gasteiger partial charge in [-0.2, -0.15) is 0 Å². The van der Waals surface area contributed by atoms with E-state index in [0.29, 0.717) is 0 Å². The number of phenolic OH excluding ortho intramolecular Hbond substituents is 2. The van der Waals surface area contributed by atoms with Crippen molar-refractivity contribution in [1.82, 2.24) is 0 Å². The molecule has 2 heterocycles. The zero-order chi connectivity index (χ0) is 23.6. The van der Waals surface area contributed by atoms with Crippen LogP contribution < -0.4 is 0 Å². The fourth-order valence-electron chi connectivity index (χ4n) is 2.97. The molecule has 6 nitrogen and oxygen atoms in total. The minimum Gasteiger partial charge on any atom is -0.506 e. The second-order valence-electron chi connectivity index (χ2n) is 7.26. The van der Waals surface area contributed by atoms with Crippen molar-refractivity contribution in [2.24, 2.45) is 9.98 Å². The summed E-state index contributed by atoms with van der Waals surface area (Å²) in [6, 6.07) is 11.8. The summed E-state index contributed by atoms with van der Waals surface area (Å²) >= 11 is 3.01. The average molecular weight is 497 g/mol. The van der Waals surface area contributed by atoms with Crippen molar-refractivity contribution in [3.05, 3.63) is 80.2 Å². The van der Waals surface area contributed by atoms with Crippen LogP contribution in [0.2, 0.25) is 0 Å². The lowest BCUT2D eigenvalue weighted by Crippen LogP contribution is -2.01. The number of aromatic hydroxyl groups is 2. The predicted molar refractivity (Wildman–Crippen MR) is 134 cm³/mol. The molecule has 0 bridgehead atoms. The predicted octanol–water partition coefficient (Wildman–Crippen LogP) is 6.17. The van der Waals surface area contributed by atoms with Gasteiger partial charge in [-0.3, -0.25) is 9.98 Å². The van der Waals surface area contributed by atoms with Crippen LogP contribution in [0.25, 0.3) is 0 Å². The van der Waals surface area contributed by atoms with Crippen molar-refractivity contribution >= 4 is 56.3 Å². The Kier molecular flexibility index (Phi) is 6.46. The largest absolute Gasteiger partial charge is 0.506 e. The summed E-state index contributed by atoms with van der Waals surface area (Å²) in [7, 11) is -3.94. The molecule has 0 aliphatic rings. The van der Waals surface area contributed by atoms with Crippen molar-refractivity contribution in [3.8, 4) is 11.5 Å². The van der Waals surface area contributed by atoms with Gasteiger partial charge in [-0.1, -0.05) is 0 Å². The summed E-state index contributed by atoms with van der Waals surface area (Å²) in [4.78, 5) is 10.4. The zero-order valence-corrected chi connectivity index (χ0v) is 20.2. The lowest BCUT2D eigenvalue weighted by molar-refractivity contribution is 0.476. The van der Waals surface area contributed by atoms with E-state index in [1.165, 1.54) is 59.1 Å². The van der Waals surface area contributed by atoms with Gasteiger partial charge in [-0.05, 0) is 84.3 Å². The van der Waals surface area contributed by atoms with Gasteiger partial charge in [0.05, 0.1) is 9.79 Å². The lowest BCUT2D eigenvalue weighted by Gasteiger charge is -2.08. The molecule has 2 aromatic carbocycles. The molecule has 0 unspecified atom stereocenters. The molecule has 0 fully saturated rings. The van der Waals surface area contributed by atoms with Crippen LogP contribution in [0.5, 0.6) is 11.5 Å². The van der Waals surface area contributed by atoms with E-state index < -0.39 is 9.84 Å². The smallest absolute Gasteiger partial charge is 0.206 e. The number of phenols is 2. The van der Waals surface area contributed by atoms with E-state index in [2.05, 4.69) is 9.98 Å². The van der Waals surface area contributed by atoms with Gasteiger partial charge in [0.15, 0.2) is 0 Å². The molecule has 4 aromatic rings. The maximum atomic E-state index is 13.3. The van der Waals surface area contributed by atoms with E-state index in [1.54, 1.807) is 12.4 Å². The van der Waals surface area contributed by atoms with Crippen LogP contribution in [0.3, 0.4) is 0 Å². The Bertz CT molecular complexity index is 1380. The molecule has 0 atom stereocenters. The van der Waals surface area contributed by atoms with Crippen molar-refractivity contribution in [3.63, 3.8) is 0 Å². The second-order valence-corrected chi connectivity index (χ2v) is 11.1. The summed E-state index contributed by atoms with van der Waals surface area (Å²) in [5.74, 6) is -0.247. The summed E-state index contributed by atoms with van der Waals surface area (Å²) in [6.07, 6.45) is 3.21. The molecule has 4 rings (SSSR count). The first-order valence-corrected chi connectivity index (χ1v) is 13.1. The molecule has 0 aliphatic carbocycles. The van der Waals surface area contributed by atoms with Crippen molar-refractivity contribution in [2.45, 2.75) is 23.6 Å². The third kappa shape index (κ3) is 4.90. The fraction of sp³-hybridized carbons (Fsp3) is 0.0833. The van der Waals surface area contributed by atoms with Gasteiger partial charge >= 0.3 is 0 Å². The van der Waals surface area contributed by atoms with Gasteiger partial charge < -0.3 is 10.2 Å². The Morgan fingerprint density at radius 1 is 0.727 bits per heavy atom. The van der Waals surface area contributed by atoms with E-state index in [-0.39, 0.29) is 32.7 Å². The monoisotopic (exact) mass is 496 g/mol. The van der Waals surface area contributed by atoms with E-state index in [1.807, 2.05) is 36.7 Å². The van der Waals surface area contributed by atoms with Crippen molar-refractivity contribution < 1.29 is 18.6 Å². The molecule has 9 heteroatoms. The normalized spacial score (nSPS) is 12.2. The number of benzene rings is 2. The van der Waals surface area contributed by atoms with Gasteiger partial charge in [-0.25, -0.2) is 8.42 Å². The highest BCUT2D eigenvalue weighted by Crippen LogP contribution is 2.35. The summed E-state index contributed by atoms with van der Waals surface area (Å²) in [5.41, 5.74) is 2.38. The first-order valence-electron chi connectivity index (χ1n) is 9.83. The summed E-state index contributed by atoms with van der Waals surface area (Å²) in [5, 5.41) is 24.2. The van der Waals surface area contributed by atoms with Gasteiger partial charge in [0, 0.05) is 22.2 Å². The highest BCUT2D eigenvalue weighted by atomic mass is 32.2. The molecule has 0 amide bonds. The van der Waals surface area contributed by atoms with Gasteiger partial charge in [0.2, 0.25) is 9.84 Å². The topological polar surface area (TPSA) is 99.3 Å². The Hall–Kier alpha value is -3.27. The van der Waals surface area contributed by atoms with Crippen LogP contribution in [-0.2, 0) is 9.84 Å². The highest BCUT2D eigenvalue weighted by Gasteiger charge is 2.20.